The molecule has 1 saturated heterocycles. The van der Waals surface area contributed by atoms with Gasteiger partial charge in [0.1, 0.15) is 5.65 Å². The molecule has 0 aliphatic carbocycles. The third-order valence-electron chi connectivity index (χ3n) is 5.72. The second-order valence-corrected chi connectivity index (χ2v) is 7.79. The molecule has 0 radical (unpaired) electrons. The fraction of sp³-hybridized carbons (Fsp3) is 0.318. The fourth-order valence-electron chi connectivity index (χ4n) is 4.15. The van der Waals surface area contributed by atoms with Crippen molar-refractivity contribution in [1.29, 1.82) is 0 Å². The van der Waals surface area contributed by atoms with E-state index in [1.165, 1.54) is 5.56 Å². The van der Waals surface area contributed by atoms with Crippen LogP contribution in [-0.2, 0) is 13.6 Å². The smallest absolute Gasteiger partial charge is 0.137 e. The van der Waals surface area contributed by atoms with Gasteiger partial charge in [-0.05, 0) is 31.3 Å². The van der Waals surface area contributed by atoms with Gasteiger partial charge in [0.2, 0.25) is 0 Å². The minimum Gasteiger partial charge on any atom is -0.299 e. The third-order valence-corrected chi connectivity index (χ3v) is 5.72. The first-order valence-corrected chi connectivity index (χ1v) is 9.96. The molecule has 5 heterocycles. The van der Waals surface area contributed by atoms with Gasteiger partial charge in [-0.25, -0.2) is 4.98 Å². The van der Waals surface area contributed by atoms with E-state index in [4.69, 9.17) is 4.98 Å². The zero-order valence-corrected chi connectivity index (χ0v) is 16.8. The highest BCUT2D eigenvalue weighted by atomic mass is 15.3. The Morgan fingerprint density at radius 3 is 2.69 bits per heavy atom. The van der Waals surface area contributed by atoms with E-state index < -0.39 is 0 Å². The Bertz CT molecular complexity index is 1110. The molecule has 29 heavy (non-hydrogen) atoms. The number of nitrogens with zero attached hydrogens (tertiary/aromatic N) is 7. The lowest BCUT2D eigenvalue weighted by Crippen LogP contribution is -2.46. The van der Waals surface area contributed by atoms with Gasteiger partial charge < -0.3 is 0 Å². The summed E-state index contributed by atoms with van der Waals surface area (Å²) >= 11 is 0. The highest BCUT2D eigenvalue weighted by Crippen LogP contribution is 2.27. The number of hydrogen-bond donors (Lipinski definition) is 0. The maximum atomic E-state index is 4.98. The number of likely N-dealkylation sites (N-methyl/N-ethyl adjacent to an activating group) is 1. The normalized spacial score (nSPS) is 18.5. The van der Waals surface area contributed by atoms with Gasteiger partial charge in [0.05, 0.1) is 23.6 Å². The number of aryl methyl sites for hydroxylation is 1. The molecule has 7 heteroatoms. The van der Waals surface area contributed by atoms with Gasteiger partial charge in [-0.1, -0.05) is 6.07 Å². The van der Waals surface area contributed by atoms with E-state index in [0.29, 0.717) is 0 Å². The van der Waals surface area contributed by atoms with Crippen LogP contribution >= 0.6 is 0 Å². The van der Waals surface area contributed by atoms with Gasteiger partial charge in [0.15, 0.2) is 0 Å². The number of pyridine rings is 2. The molecule has 1 aliphatic heterocycles. The van der Waals surface area contributed by atoms with Crippen LogP contribution in [-0.4, -0.2) is 60.6 Å². The van der Waals surface area contributed by atoms with Crippen LogP contribution in [0.5, 0.6) is 0 Å². The van der Waals surface area contributed by atoms with Crippen molar-refractivity contribution in [2.45, 2.75) is 12.6 Å². The Morgan fingerprint density at radius 1 is 1.03 bits per heavy atom. The van der Waals surface area contributed by atoms with Gasteiger partial charge in [0.25, 0.3) is 0 Å². The third kappa shape index (κ3) is 3.54. The number of rotatable bonds is 4. The molecule has 0 amide bonds. The first-order chi connectivity index (χ1) is 14.2. The molecule has 0 spiro atoms. The lowest BCUT2D eigenvalue weighted by Gasteiger charge is -2.38. The van der Waals surface area contributed by atoms with Crippen LogP contribution in [0.4, 0.5) is 0 Å². The van der Waals surface area contributed by atoms with Crippen molar-refractivity contribution in [3.8, 4) is 11.3 Å². The topological polar surface area (TPSA) is 54.5 Å². The number of imidazole rings is 1. The second-order valence-electron chi connectivity index (χ2n) is 7.79. The molecule has 1 fully saturated rings. The zero-order chi connectivity index (χ0) is 19.8. The van der Waals surface area contributed by atoms with Crippen LogP contribution in [0.2, 0.25) is 0 Å². The van der Waals surface area contributed by atoms with Crippen LogP contribution in [0, 0.1) is 0 Å². The van der Waals surface area contributed by atoms with Gasteiger partial charge in [-0.15, -0.1) is 0 Å². The monoisotopic (exact) mass is 387 g/mol. The summed E-state index contributed by atoms with van der Waals surface area (Å²) in [4.78, 5) is 14.0. The minimum atomic E-state index is 0.269. The van der Waals surface area contributed by atoms with Crippen LogP contribution < -0.4 is 0 Å². The molecule has 0 saturated carbocycles. The maximum absolute atomic E-state index is 4.98. The highest BCUT2D eigenvalue weighted by molar-refractivity contribution is 5.63. The summed E-state index contributed by atoms with van der Waals surface area (Å²) in [6.07, 6.45) is 9.91. The van der Waals surface area contributed by atoms with Gasteiger partial charge in [-0.2, -0.15) is 5.10 Å². The average Bonchev–Trinajstić information content (AvgIpc) is 3.35. The summed E-state index contributed by atoms with van der Waals surface area (Å²) in [5.74, 6) is 0. The van der Waals surface area contributed by atoms with Crippen molar-refractivity contribution >= 4 is 5.65 Å². The van der Waals surface area contributed by atoms with E-state index in [1.807, 2.05) is 42.5 Å². The molecule has 0 aromatic carbocycles. The lowest BCUT2D eigenvalue weighted by atomic mass is 10.1. The summed E-state index contributed by atoms with van der Waals surface area (Å²) in [5, 5.41) is 4.30. The molecule has 1 atom stereocenters. The van der Waals surface area contributed by atoms with Crippen LogP contribution in [0.25, 0.3) is 16.9 Å². The lowest BCUT2D eigenvalue weighted by molar-refractivity contribution is 0.0885. The zero-order valence-electron chi connectivity index (χ0n) is 16.8. The first-order valence-electron chi connectivity index (χ1n) is 9.96. The Morgan fingerprint density at radius 2 is 1.90 bits per heavy atom. The molecule has 0 bridgehead atoms. The van der Waals surface area contributed by atoms with E-state index in [0.717, 1.165) is 48.8 Å². The van der Waals surface area contributed by atoms with Gasteiger partial charge in [0, 0.05) is 69.1 Å². The number of fused-ring (bicyclic) bond motifs is 1. The first kappa shape index (κ1) is 18.0. The largest absolute Gasteiger partial charge is 0.299 e. The molecule has 1 aliphatic rings. The molecule has 4 aromatic heterocycles. The van der Waals surface area contributed by atoms with Crippen molar-refractivity contribution in [2.24, 2.45) is 7.05 Å². The predicted octanol–water partition coefficient (Wildman–Crippen LogP) is 2.62. The van der Waals surface area contributed by atoms with E-state index >= 15 is 0 Å². The van der Waals surface area contributed by atoms with Crippen LogP contribution in [0.15, 0.2) is 61.3 Å². The minimum absolute atomic E-state index is 0.269. The molecule has 0 unspecified atom stereocenters. The second kappa shape index (κ2) is 7.42. The molecular weight excluding hydrogens is 362 g/mol. The van der Waals surface area contributed by atoms with Crippen molar-refractivity contribution < 1.29 is 0 Å². The van der Waals surface area contributed by atoms with Crippen LogP contribution in [0.3, 0.4) is 0 Å². The molecule has 148 valence electrons. The number of piperazine rings is 1. The summed E-state index contributed by atoms with van der Waals surface area (Å²) in [5.41, 5.74) is 5.63. The molecule has 4 aromatic rings. The fourth-order valence-corrected chi connectivity index (χ4v) is 4.15. The van der Waals surface area contributed by atoms with Gasteiger partial charge in [-0.3, -0.25) is 23.9 Å². The SMILES string of the molecule is CN1CCN(Cc2cnn(C)c2)C[C@@H]1c1cn2c(-c3ccncc3)cccc2n1. The molecular formula is C22H25N7. The summed E-state index contributed by atoms with van der Waals surface area (Å²) in [6, 6.07) is 10.6. The Labute approximate surface area is 170 Å². The van der Waals surface area contributed by atoms with Gasteiger partial charge >= 0.3 is 0 Å². The van der Waals surface area contributed by atoms with E-state index in [-0.39, 0.29) is 6.04 Å². The highest BCUT2D eigenvalue weighted by Gasteiger charge is 2.28. The Hall–Kier alpha value is -3.03. The predicted molar refractivity (Wildman–Crippen MR) is 112 cm³/mol. The molecule has 5 rings (SSSR count). The maximum Gasteiger partial charge on any atom is 0.137 e. The van der Waals surface area contributed by atoms with E-state index in [2.05, 4.69) is 61.9 Å². The van der Waals surface area contributed by atoms with Crippen LogP contribution in [0.1, 0.15) is 17.3 Å². The van der Waals surface area contributed by atoms with Crippen molar-refractivity contribution in [1.82, 2.24) is 33.9 Å². The Kier molecular flexibility index (Phi) is 4.61. The molecule has 7 nitrogen and oxygen atoms in total. The van der Waals surface area contributed by atoms with Crippen molar-refractivity contribution in [3.05, 3.63) is 72.6 Å². The van der Waals surface area contributed by atoms with E-state index in [9.17, 15) is 0 Å². The standard InChI is InChI=1S/C22H25N7/c1-26-10-11-28(14-17-12-24-27(2)13-17)16-21(26)19-15-29-20(4-3-5-22(29)25-19)18-6-8-23-9-7-18/h3-9,12-13,15,21H,10-11,14,16H2,1-2H3/t21-/m1/s1. The summed E-state index contributed by atoms with van der Waals surface area (Å²) in [7, 11) is 4.16. The number of aromatic nitrogens is 5. The summed E-state index contributed by atoms with van der Waals surface area (Å²) in [6.45, 7) is 3.96. The van der Waals surface area contributed by atoms with E-state index in [1.54, 1.807) is 0 Å². The quantitative estimate of drug-likeness (QED) is 0.539. The number of hydrogen-bond acceptors (Lipinski definition) is 5. The average molecular weight is 387 g/mol. The molecule has 0 N–H and O–H groups in total. The Balaban J connectivity index is 1.44. The summed E-state index contributed by atoms with van der Waals surface area (Å²) < 4.78 is 4.06. The van der Waals surface area contributed by atoms with Crippen molar-refractivity contribution in [3.63, 3.8) is 0 Å². The van der Waals surface area contributed by atoms with Crippen molar-refractivity contribution in [2.75, 3.05) is 26.7 Å².